The quantitative estimate of drug-likeness (QED) is 0.812. The first-order valence-electron chi connectivity index (χ1n) is 6.96. The van der Waals surface area contributed by atoms with Crippen molar-refractivity contribution < 1.29 is 14.3 Å². The minimum absolute atomic E-state index is 0.126. The maximum Gasteiger partial charge on any atom is 0.293 e. The molecule has 3 N–H and O–H groups in total. The summed E-state index contributed by atoms with van der Waals surface area (Å²) < 4.78 is 12.7. The molecule has 1 aliphatic rings. The Labute approximate surface area is 126 Å². The number of hydrogen-bond donors (Lipinski definition) is 2. The summed E-state index contributed by atoms with van der Waals surface area (Å²) in [7, 11) is 1.51. The van der Waals surface area contributed by atoms with Gasteiger partial charge in [-0.3, -0.25) is 14.2 Å². The Morgan fingerprint density at radius 1 is 1.50 bits per heavy atom. The number of nitrogens with one attached hydrogen (secondary N) is 1. The van der Waals surface area contributed by atoms with Gasteiger partial charge in [0.05, 0.1) is 11.6 Å². The summed E-state index contributed by atoms with van der Waals surface area (Å²) in [4.78, 5) is 23.9. The molecule has 0 saturated heterocycles. The first-order valence-corrected chi connectivity index (χ1v) is 6.96. The molecule has 116 valence electrons. The second kappa shape index (κ2) is 5.25. The minimum Gasteiger partial charge on any atom is -0.489 e. The van der Waals surface area contributed by atoms with Gasteiger partial charge in [-0.15, -0.1) is 0 Å². The standard InChI is InChI=1S/C15H17N3O4/c1-8-6-21-11-5-10(16)3-9-4-12(22-7-13(19)17-2)15(20)18(8)14(9)11/h3-5,8H,6-7,16H2,1-2H3,(H,17,19)/t8-/m0/s1. The van der Waals surface area contributed by atoms with Gasteiger partial charge in [0, 0.05) is 24.2 Å². The van der Waals surface area contributed by atoms with Crippen LogP contribution in [-0.4, -0.2) is 30.7 Å². The molecular weight excluding hydrogens is 286 g/mol. The van der Waals surface area contributed by atoms with Crippen molar-refractivity contribution in [2.24, 2.45) is 0 Å². The SMILES string of the molecule is CNC(=O)COc1cc2cc(N)cc3c2n(c1=O)[C@@H](C)CO3. The average Bonchev–Trinajstić information content (AvgIpc) is 2.50. The van der Waals surface area contributed by atoms with E-state index in [4.69, 9.17) is 15.2 Å². The third kappa shape index (κ3) is 2.24. The number of benzene rings is 1. The zero-order valence-electron chi connectivity index (χ0n) is 12.4. The number of ether oxygens (including phenoxy) is 2. The summed E-state index contributed by atoms with van der Waals surface area (Å²) in [6.45, 7) is 2.06. The van der Waals surface area contributed by atoms with Crippen LogP contribution in [0.5, 0.6) is 11.5 Å². The molecule has 22 heavy (non-hydrogen) atoms. The van der Waals surface area contributed by atoms with E-state index < -0.39 is 0 Å². The van der Waals surface area contributed by atoms with Crippen molar-refractivity contribution in [3.63, 3.8) is 0 Å². The number of hydrogen-bond acceptors (Lipinski definition) is 5. The van der Waals surface area contributed by atoms with Gasteiger partial charge in [-0.1, -0.05) is 0 Å². The molecule has 2 heterocycles. The van der Waals surface area contributed by atoms with Crippen LogP contribution in [0, 0.1) is 0 Å². The molecule has 1 atom stereocenters. The lowest BCUT2D eigenvalue weighted by atomic mass is 10.1. The van der Waals surface area contributed by atoms with E-state index in [9.17, 15) is 9.59 Å². The van der Waals surface area contributed by atoms with E-state index >= 15 is 0 Å². The van der Waals surface area contributed by atoms with Crippen LogP contribution < -0.4 is 26.1 Å². The van der Waals surface area contributed by atoms with Crippen molar-refractivity contribution in [2.45, 2.75) is 13.0 Å². The number of amides is 1. The van der Waals surface area contributed by atoms with Crippen molar-refractivity contribution in [3.8, 4) is 11.5 Å². The van der Waals surface area contributed by atoms with E-state index in [1.807, 2.05) is 6.92 Å². The Balaban J connectivity index is 2.18. The first-order chi connectivity index (χ1) is 10.5. The van der Waals surface area contributed by atoms with Gasteiger partial charge in [-0.25, -0.2) is 0 Å². The molecule has 1 aromatic carbocycles. The molecule has 1 aromatic heterocycles. The van der Waals surface area contributed by atoms with E-state index in [-0.39, 0.29) is 29.9 Å². The van der Waals surface area contributed by atoms with E-state index in [2.05, 4.69) is 5.32 Å². The molecule has 2 aromatic rings. The maximum absolute atomic E-state index is 12.6. The number of anilines is 1. The number of aromatic nitrogens is 1. The number of carbonyl (C=O) groups is 1. The van der Waals surface area contributed by atoms with Gasteiger partial charge in [-0.05, 0) is 19.1 Å². The second-order valence-electron chi connectivity index (χ2n) is 5.26. The lowest BCUT2D eigenvalue weighted by Crippen LogP contribution is -2.33. The minimum atomic E-state index is -0.303. The van der Waals surface area contributed by atoms with Crippen molar-refractivity contribution in [3.05, 3.63) is 28.6 Å². The summed E-state index contributed by atoms with van der Waals surface area (Å²) in [6.07, 6.45) is 0. The van der Waals surface area contributed by atoms with Gasteiger partial charge in [0.25, 0.3) is 11.5 Å². The number of nitrogen functional groups attached to an aromatic ring is 1. The van der Waals surface area contributed by atoms with E-state index in [0.717, 1.165) is 5.39 Å². The largest absolute Gasteiger partial charge is 0.489 e. The predicted molar refractivity (Wildman–Crippen MR) is 82.4 cm³/mol. The van der Waals surface area contributed by atoms with Gasteiger partial charge in [0.2, 0.25) is 0 Å². The highest BCUT2D eigenvalue weighted by Gasteiger charge is 2.23. The lowest BCUT2D eigenvalue weighted by molar-refractivity contribution is -0.122. The molecule has 0 saturated carbocycles. The van der Waals surface area contributed by atoms with Crippen molar-refractivity contribution in [1.29, 1.82) is 0 Å². The second-order valence-corrected chi connectivity index (χ2v) is 5.26. The Hall–Kier alpha value is -2.70. The Morgan fingerprint density at radius 3 is 3.00 bits per heavy atom. The van der Waals surface area contributed by atoms with Crippen LogP contribution in [0.4, 0.5) is 5.69 Å². The summed E-state index contributed by atoms with van der Waals surface area (Å²) in [6, 6.07) is 4.92. The normalized spacial score (nSPS) is 16.2. The highest BCUT2D eigenvalue weighted by atomic mass is 16.5. The van der Waals surface area contributed by atoms with Gasteiger partial charge in [-0.2, -0.15) is 0 Å². The van der Waals surface area contributed by atoms with Gasteiger partial charge >= 0.3 is 0 Å². The molecule has 7 heteroatoms. The van der Waals surface area contributed by atoms with Crippen molar-refractivity contribution >= 4 is 22.5 Å². The highest BCUT2D eigenvalue weighted by Crippen LogP contribution is 2.34. The smallest absolute Gasteiger partial charge is 0.293 e. The number of pyridine rings is 1. The Morgan fingerprint density at radius 2 is 2.27 bits per heavy atom. The van der Waals surface area contributed by atoms with E-state index in [0.29, 0.717) is 23.6 Å². The van der Waals surface area contributed by atoms with Crippen LogP contribution in [0.25, 0.3) is 10.9 Å². The third-order valence-corrected chi connectivity index (χ3v) is 3.64. The van der Waals surface area contributed by atoms with Crippen molar-refractivity contribution in [2.75, 3.05) is 26.0 Å². The molecule has 0 radical (unpaired) electrons. The monoisotopic (exact) mass is 303 g/mol. The fourth-order valence-corrected chi connectivity index (χ4v) is 2.58. The Kier molecular flexibility index (Phi) is 3.40. The van der Waals surface area contributed by atoms with Gasteiger partial charge in [0.1, 0.15) is 12.4 Å². The average molecular weight is 303 g/mol. The number of rotatable bonds is 3. The molecule has 0 bridgehead atoms. The van der Waals surface area contributed by atoms with E-state index in [1.165, 1.54) is 7.05 Å². The van der Waals surface area contributed by atoms with Crippen LogP contribution in [0.1, 0.15) is 13.0 Å². The Bertz CT molecular complexity index is 813. The van der Waals surface area contributed by atoms with Crippen LogP contribution in [0.3, 0.4) is 0 Å². The molecule has 7 nitrogen and oxygen atoms in total. The number of nitrogens with two attached hydrogens (primary N) is 1. The zero-order valence-corrected chi connectivity index (χ0v) is 12.4. The molecule has 0 unspecified atom stereocenters. The highest BCUT2D eigenvalue weighted by molar-refractivity contribution is 5.90. The number of carbonyl (C=O) groups excluding carboxylic acids is 1. The predicted octanol–water partition coefficient (Wildman–Crippen LogP) is 0.662. The molecule has 3 rings (SSSR count). The fraction of sp³-hybridized carbons (Fsp3) is 0.333. The third-order valence-electron chi connectivity index (χ3n) is 3.64. The van der Waals surface area contributed by atoms with Crippen LogP contribution >= 0.6 is 0 Å². The molecular formula is C15H17N3O4. The zero-order chi connectivity index (χ0) is 15.9. The van der Waals surface area contributed by atoms with E-state index in [1.54, 1.807) is 22.8 Å². The fourth-order valence-electron chi connectivity index (χ4n) is 2.58. The lowest BCUT2D eigenvalue weighted by Gasteiger charge is -2.26. The van der Waals surface area contributed by atoms with Crippen LogP contribution in [-0.2, 0) is 4.79 Å². The molecule has 1 aliphatic heterocycles. The maximum atomic E-state index is 12.6. The topological polar surface area (TPSA) is 95.6 Å². The number of nitrogens with zero attached hydrogens (tertiary/aromatic N) is 1. The number of likely N-dealkylation sites (N-methyl/N-ethyl adjacent to an activating group) is 1. The van der Waals surface area contributed by atoms with Gasteiger partial charge < -0.3 is 20.5 Å². The van der Waals surface area contributed by atoms with Crippen LogP contribution in [0.15, 0.2) is 23.0 Å². The summed E-state index contributed by atoms with van der Waals surface area (Å²) in [5, 5.41) is 3.19. The van der Waals surface area contributed by atoms with Gasteiger partial charge in [0.15, 0.2) is 12.4 Å². The molecule has 0 fully saturated rings. The molecule has 1 amide bonds. The summed E-state index contributed by atoms with van der Waals surface area (Å²) in [5.41, 5.74) is 6.83. The molecule has 0 aliphatic carbocycles. The summed E-state index contributed by atoms with van der Waals surface area (Å²) in [5.74, 6) is 0.409. The van der Waals surface area contributed by atoms with Crippen molar-refractivity contribution in [1.82, 2.24) is 9.88 Å². The summed E-state index contributed by atoms with van der Waals surface area (Å²) >= 11 is 0. The van der Waals surface area contributed by atoms with Crippen LogP contribution in [0.2, 0.25) is 0 Å². The molecule has 0 spiro atoms. The first kappa shape index (κ1) is 14.2.